The number of carbonyl (C=O) groups is 2. The molecule has 2 unspecified atom stereocenters. The fourth-order valence-corrected chi connectivity index (χ4v) is 1.59. The van der Waals surface area contributed by atoms with Gasteiger partial charge in [-0.05, 0) is 12.3 Å². The van der Waals surface area contributed by atoms with Gasteiger partial charge in [0, 0.05) is 13.0 Å². The van der Waals surface area contributed by atoms with Crippen LogP contribution < -0.4 is 5.32 Å². The van der Waals surface area contributed by atoms with Gasteiger partial charge in [-0.2, -0.15) is 0 Å². The van der Waals surface area contributed by atoms with E-state index in [1.54, 1.807) is 0 Å². The molecule has 0 aromatic heterocycles. The van der Waals surface area contributed by atoms with Gasteiger partial charge in [0.25, 0.3) is 0 Å². The molecule has 0 saturated carbocycles. The third-order valence-corrected chi connectivity index (χ3v) is 2.22. The van der Waals surface area contributed by atoms with Crippen molar-refractivity contribution < 1.29 is 14.3 Å². The molecule has 0 saturated heterocycles. The van der Waals surface area contributed by atoms with E-state index in [0.29, 0.717) is 6.42 Å². The van der Waals surface area contributed by atoms with Crippen LogP contribution in [0.25, 0.3) is 0 Å². The van der Waals surface area contributed by atoms with Gasteiger partial charge in [-0.3, -0.25) is 9.59 Å². The molecule has 0 aliphatic heterocycles. The molecule has 2 atom stereocenters. The fourth-order valence-electron chi connectivity index (χ4n) is 1.59. The Balaban J connectivity index is 2.32. The number of hydrogen-bond donors (Lipinski definition) is 1. The first kappa shape index (κ1) is 10.8. The molecule has 1 aliphatic rings. The molecule has 1 amide bonds. The molecule has 1 aliphatic carbocycles. The van der Waals surface area contributed by atoms with Crippen molar-refractivity contribution in [1.29, 1.82) is 0 Å². The predicted octanol–water partition coefficient (Wildman–Crippen LogP) is 0.630. The molecule has 4 heteroatoms. The Labute approximate surface area is 83.3 Å². The minimum Gasteiger partial charge on any atom is -0.469 e. The Morgan fingerprint density at radius 2 is 2.21 bits per heavy atom. The van der Waals surface area contributed by atoms with Crippen LogP contribution in [0.15, 0.2) is 12.2 Å². The van der Waals surface area contributed by atoms with Crippen LogP contribution in [0, 0.1) is 5.92 Å². The largest absolute Gasteiger partial charge is 0.469 e. The van der Waals surface area contributed by atoms with Gasteiger partial charge in [-0.25, -0.2) is 0 Å². The van der Waals surface area contributed by atoms with Gasteiger partial charge < -0.3 is 10.1 Å². The van der Waals surface area contributed by atoms with Gasteiger partial charge in [-0.1, -0.05) is 12.2 Å². The normalized spacial score (nSPS) is 24.7. The number of allylic oxidation sites excluding steroid dienone is 1. The number of amides is 1. The second-order valence-electron chi connectivity index (χ2n) is 3.47. The minimum atomic E-state index is -0.205. The summed E-state index contributed by atoms with van der Waals surface area (Å²) in [6.07, 6.45) is 5.06. The van der Waals surface area contributed by atoms with Crippen molar-refractivity contribution in [2.45, 2.75) is 25.8 Å². The lowest BCUT2D eigenvalue weighted by atomic mass is 10.0. The van der Waals surface area contributed by atoms with Crippen LogP contribution in [0.4, 0.5) is 0 Å². The fraction of sp³-hybridized carbons (Fsp3) is 0.600. The van der Waals surface area contributed by atoms with E-state index in [2.05, 4.69) is 10.1 Å². The first-order valence-electron chi connectivity index (χ1n) is 4.64. The standard InChI is InChI=1S/C10H15NO3/c1-7(12)11-9-4-3-8(5-9)6-10(13)14-2/h3-4,8-9H,5-6H2,1-2H3,(H,11,12). The summed E-state index contributed by atoms with van der Waals surface area (Å²) in [4.78, 5) is 21.7. The highest BCUT2D eigenvalue weighted by Gasteiger charge is 2.21. The first-order valence-corrected chi connectivity index (χ1v) is 4.64. The summed E-state index contributed by atoms with van der Waals surface area (Å²) in [6.45, 7) is 1.49. The SMILES string of the molecule is COC(=O)CC1C=CC(NC(C)=O)C1. The molecule has 0 aromatic rings. The number of esters is 1. The maximum Gasteiger partial charge on any atom is 0.306 e. The molecule has 4 nitrogen and oxygen atoms in total. The van der Waals surface area contributed by atoms with Gasteiger partial charge in [0.05, 0.1) is 13.5 Å². The van der Waals surface area contributed by atoms with Crippen molar-refractivity contribution in [1.82, 2.24) is 5.32 Å². The van der Waals surface area contributed by atoms with Crippen molar-refractivity contribution in [2.24, 2.45) is 5.92 Å². The van der Waals surface area contributed by atoms with Gasteiger partial charge in [0.2, 0.25) is 5.91 Å². The summed E-state index contributed by atoms with van der Waals surface area (Å²) >= 11 is 0. The third-order valence-electron chi connectivity index (χ3n) is 2.22. The van der Waals surface area contributed by atoms with Crippen molar-refractivity contribution in [3.63, 3.8) is 0 Å². The van der Waals surface area contributed by atoms with Gasteiger partial charge >= 0.3 is 5.97 Å². The summed E-state index contributed by atoms with van der Waals surface area (Å²) < 4.78 is 4.57. The molecular weight excluding hydrogens is 182 g/mol. The van der Waals surface area contributed by atoms with Gasteiger partial charge in [-0.15, -0.1) is 0 Å². The summed E-state index contributed by atoms with van der Waals surface area (Å²) in [6, 6.07) is 0.0714. The molecular formula is C10H15NO3. The van der Waals surface area contributed by atoms with Crippen LogP contribution >= 0.6 is 0 Å². The van der Waals surface area contributed by atoms with E-state index in [0.717, 1.165) is 6.42 Å². The van der Waals surface area contributed by atoms with E-state index in [1.165, 1.54) is 14.0 Å². The zero-order valence-electron chi connectivity index (χ0n) is 8.45. The molecule has 14 heavy (non-hydrogen) atoms. The van der Waals surface area contributed by atoms with Crippen LogP contribution in [-0.2, 0) is 14.3 Å². The molecule has 0 aromatic carbocycles. The number of ether oxygens (including phenoxy) is 1. The number of carbonyl (C=O) groups excluding carboxylic acids is 2. The average molecular weight is 197 g/mol. The summed E-state index contributed by atoms with van der Waals surface area (Å²) in [5.41, 5.74) is 0. The second kappa shape index (κ2) is 4.79. The second-order valence-corrected chi connectivity index (χ2v) is 3.47. The number of rotatable bonds is 3. The molecule has 0 fully saturated rings. The molecule has 0 spiro atoms. The smallest absolute Gasteiger partial charge is 0.306 e. The monoisotopic (exact) mass is 197 g/mol. The molecule has 0 heterocycles. The topological polar surface area (TPSA) is 55.4 Å². The Hall–Kier alpha value is -1.32. The van der Waals surface area contributed by atoms with E-state index >= 15 is 0 Å². The number of methoxy groups -OCH3 is 1. The van der Waals surface area contributed by atoms with Gasteiger partial charge in [0.1, 0.15) is 0 Å². The zero-order valence-corrected chi connectivity index (χ0v) is 8.45. The van der Waals surface area contributed by atoms with Crippen molar-refractivity contribution in [3.05, 3.63) is 12.2 Å². The molecule has 1 N–H and O–H groups in total. The Kier molecular flexibility index (Phi) is 3.68. The third kappa shape index (κ3) is 3.20. The van der Waals surface area contributed by atoms with Crippen LogP contribution in [0.1, 0.15) is 19.8 Å². The molecule has 0 radical (unpaired) electrons. The summed E-state index contributed by atoms with van der Waals surface area (Å²) in [5, 5.41) is 2.79. The first-order chi connectivity index (χ1) is 6.61. The number of nitrogens with one attached hydrogen (secondary N) is 1. The molecule has 1 rings (SSSR count). The summed E-state index contributed by atoms with van der Waals surface area (Å²) in [5.74, 6) is -0.0548. The summed E-state index contributed by atoms with van der Waals surface area (Å²) in [7, 11) is 1.38. The maximum atomic E-state index is 11.0. The van der Waals surface area contributed by atoms with Crippen molar-refractivity contribution >= 4 is 11.9 Å². The van der Waals surface area contributed by atoms with Crippen LogP contribution in [0.2, 0.25) is 0 Å². The van der Waals surface area contributed by atoms with Gasteiger partial charge in [0.15, 0.2) is 0 Å². The zero-order chi connectivity index (χ0) is 10.6. The lowest BCUT2D eigenvalue weighted by Gasteiger charge is -2.11. The van der Waals surface area contributed by atoms with E-state index in [9.17, 15) is 9.59 Å². The van der Waals surface area contributed by atoms with Crippen LogP contribution in [0.5, 0.6) is 0 Å². The van der Waals surface area contributed by atoms with Crippen molar-refractivity contribution in [2.75, 3.05) is 7.11 Å². The lowest BCUT2D eigenvalue weighted by molar-refractivity contribution is -0.141. The molecule has 0 bridgehead atoms. The van der Waals surface area contributed by atoms with Crippen LogP contribution in [0.3, 0.4) is 0 Å². The van der Waals surface area contributed by atoms with Crippen LogP contribution in [-0.4, -0.2) is 25.0 Å². The quantitative estimate of drug-likeness (QED) is 0.533. The Morgan fingerprint density at radius 3 is 2.79 bits per heavy atom. The van der Waals surface area contributed by atoms with E-state index < -0.39 is 0 Å². The Bertz CT molecular complexity index is 260. The number of hydrogen-bond acceptors (Lipinski definition) is 3. The highest BCUT2D eigenvalue weighted by molar-refractivity contribution is 5.73. The van der Waals surface area contributed by atoms with E-state index in [-0.39, 0.29) is 23.8 Å². The average Bonchev–Trinajstić information content (AvgIpc) is 2.51. The highest BCUT2D eigenvalue weighted by Crippen LogP contribution is 2.21. The van der Waals surface area contributed by atoms with Crippen molar-refractivity contribution in [3.8, 4) is 0 Å². The maximum absolute atomic E-state index is 11.0. The van der Waals surface area contributed by atoms with E-state index in [4.69, 9.17) is 0 Å². The molecule has 78 valence electrons. The Morgan fingerprint density at radius 1 is 1.50 bits per heavy atom. The van der Waals surface area contributed by atoms with E-state index in [1.807, 2.05) is 12.2 Å². The predicted molar refractivity (Wildman–Crippen MR) is 51.5 cm³/mol. The lowest BCUT2D eigenvalue weighted by Crippen LogP contribution is -2.30. The highest BCUT2D eigenvalue weighted by atomic mass is 16.5. The minimum absolute atomic E-state index is 0.0432.